The Morgan fingerprint density at radius 2 is 2.04 bits per heavy atom. The monoisotopic (exact) mass is 367 g/mol. The van der Waals surface area contributed by atoms with E-state index in [1.165, 1.54) is 43.0 Å². The van der Waals surface area contributed by atoms with Gasteiger partial charge in [0.15, 0.2) is 0 Å². The van der Waals surface area contributed by atoms with Crippen LogP contribution in [0.4, 0.5) is 0 Å². The summed E-state index contributed by atoms with van der Waals surface area (Å²) in [6.07, 6.45) is 7.94. The van der Waals surface area contributed by atoms with Gasteiger partial charge in [0.05, 0.1) is 5.56 Å². The molecule has 2 N–H and O–H groups in total. The van der Waals surface area contributed by atoms with Crippen LogP contribution < -0.4 is 10.5 Å². The zero-order valence-corrected chi connectivity index (χ0v) is 16.3. The fourth-order valence-corrected chi connectivity index (χ4v) is 3.85. The molecule has 0 bridgehead atoms. The van der Waals surface area contributed by atoms with Crippen molar-refractivity contribution in [1.29, 1.82) is 0 Å². The highest BCUT2D eigenvalue weighted by Crippen LogP contribution is 2.25. The van der Waals surface area contributed by atoms with Crippen molar-refractivity contribution in [3.05, 3.63) is 53.2 Å². The number of nitrogens with two attached hydrogens (primary N) is 1. The van der Waals surface area contributed by atoms with Crippen LogP contribution in [0.15, 0.2) is 36.5 Å². The summed E-state index contributed by atoms with van der Waals surface area (Å²) >= 11 is 0. The van der Waals surface area contributed by atoms with Crippen LogP contribution in [0.3, 0.4) is 0 Å². The zero-order chi connectivity index (χ0) is 19.2. The van der Waals surface area contributed by atoms with Gasteiger partial charge in [-0.1, -0.05) is 25.8 Å². The number of ether oxygens (including phenoxy) is 1. The lowest BCUT2D eigenvalue weighted by Crippen LogP contribution is -2.34. The number of amides is 1. The lowest BCUT2D eigenvalue weighted by Gasteiger charge is -2.27. The molecule has 0 spiro atoms. The maximum Gasteiger partial charge on any atom is 0.250 e. The number of aromatic nitrogens is 1. The molecule has 0 radical (unpaired) electrons. The SMILES string of the molecule is CCN(CCc1ccc(Oc2ccc(C(N)=O)cn2)cc1C)C1CCCC1. The Morgan fingerprint density at radius 3 is 2.63 bits per heavy atom. The Kier molecular flexibility index (Phi) is 6.45. The number of benzene rings is 1. The van der Waals surface area contributed by atoms with Crippen LogP contribution in [0, 0.1) is 6.92 Å². The lowest BCUT2D eigenvalue weighted by molar-refractivity contribution is 0.1000. The average Bonchev–Trinajstić information content (AvgIpc) is 3.19. The first-order chi connectivity index (χ1) is 13.1. The van der Waals surface area contributed by atoms with E-state index in [2.05, 4.69) is 29.8 Å². The van der Waals surface area contributed by atoms with Crippen LogP contribution in [0.1, 0.15) is 54.1 Å². The highest BCUT2D eigenvalue weighted by Gasteiger charge is 2.21. The Hall–Kier alpha value is -2.40. The second-order valence-corrected chi connectivity index (χ2v) is 7.26. The molecule has 5 nitrogen and oxygen atoms in total. The molecular weight excluding hydrogens is 338 g/mol. The molecule has 1 fully saturated rings. The topological polar surface area (TPSA) is 68.5 Å². The van der Waals surface area contributed by atoms with Crippen LogP contribution in [0.2, 0.25) is 0 Å². The molecule has 1 aliphatic rings. The van der Waals surface area contributed by atoms with Gasteiger partial charge in [-0.3, -0.25) is 4.79 Å². The van der Waals surface area contributed by atoms with Gasteiger partial charge < -0.3 is 15.4 Å². The maximum atomic E-state index is 11.1. The van der Waals surface area contributed by atoms with Crippen LogP contribution in [0.25, 0.3) is 0 Å². The first-order valence-corrected chi connectivity index (χ1v) is 9.84. The van der Waals surface area contributed by atoms with Gasteiger partial charge in [0.1, 0.15) is 5.75 Å². The highest BCUT2D eigenvalue weighted by molar-refractivity contribution is 5.92. The maximum absolute atomic E-state index is 11.1. The fraction of sp³-hybridized carbons (Fsp3) is 0.455. The molecule has 144 valence electrons. The Balaban J connectivity index is 1.60. The first kappa shape index (κ1) is 19.4. The van der Waals surface area contributed by atoms with E-state index in [1.54, 1.807) is 12.1 Å². The molecule has 0 saturated heterocycles. The third-order valence-electron chi connectivity index (χ3n) is 5.47. The summed E-state index contributed by atoms with van der Waals surface area (Å²) in [5.74, 6) is 0.706. The molecule has 2 aromatic rings. The zero-order valence-electron chi connectivity index (χ0n) is 16.3. The molecule has 1 aliphatic carbocycles. The van der Waals surface area contributed by atoms with Gasteiger partial charge in [0.2, 0.25) is 11.8 Å². The molecule has 1 amide bonds. The third-order valence-corrected chi connectivity index (χ3v) is 5.47. The largest absolute Gasteiger partial charge is 0.439 e. The molecule has 1 aromatic heterocycles. The predicted molar refractivity (Wildman–Crippen MR) is 107 cm³/mol. The Labute approximate surface area is 161 Å². The second-order valence-electron chi connectivity index (χ2n) is 7.26. The molecule has 1 aromatic carbocycles. The predicted octanol–water partition coefficient (Wildman–Crippen LogP) is 4.09. The summed E-state index contributed by atoms with van der Waals surface area (Å²) < 4.78 is 5.80. The van der Waals surface area contributed by atoms with Gasteiger partial charge in [0.25, 0.3) is 0 Å². The van der Waals surface area contributed by atoms with E-state index in [0.29, 0.717) is 11.4 Å². The molecule has 1 saturated carbocycles. The molecule has 3 rings (SSSR count). The van der Waals surface area contributed by atoms with Crippen molar-refractivity contribution >= 4 is 5.91 Å². The number of rotatable bonds is 8. The second kappa shape index (κ2) is 9.00. The molecule has 0 atom stereocenters. The van der Waals surface area contributed by atoms with Crippen molar-refractivity contribution in [2.45, 2.75) is 52.0 Å². The van der Waals surface area contributed by atoms with E-state index < -0.39 is 5.91 Å². The number of pyridine rings is 1. The minimum atomic E-state index is -0.493. The smallest absolute Gasteiger partial charge is 0.250 e. The van der Waals surface area contributed by atoms with E-state index in [-0.39, 0.29) is 0 Å². The van der Waals surface area contributed by atoms with Crippen molar-refractivity contribution < 1.29 is 9.53 Å². The van der Waals surface area contributed by atoms with Gasteiger partial charge in [-0.05, 0) is 62.1 Å². The molecular formula is C22H29N3O2. The van der Waals surface area contributed by atoms with Crippen LogP contribution in [-0.4, -0.2) is 34.9 Å². The van der Waals surface area contributed by atoms with Gasteiger partial charge in [-0.25, -0.2) is 4.98 Å². The summed E-state index contributed by atoms with van der Waals surface area (Å²) in [4.78, 5) is 17.9. The van der Waals surface area contributed by atoms with Crippen LogP contribution in [-0.2, 0) is 6.42 Å². The van der Waals surface area contributed by atoms with E-state index in [9.17, 15) is 4.79 Å². The van der Waals surface area contributed by atoms with Crippen LogP contribution in [0.5, 0.6) is 11.6 Å². The summed E-state index contributed by atoms with van der Waals surface area (Å²) in [5, 5.41) is 0. The van der Waals surface area contributed by atoms with Gasteiger partial charge in [0, 0.05) is 24.8 Å². The number of aryl methyl sites for hydroxylation is 1. The van der Waals surface area contributed by atoms with Crippen molar-refractivity contribution in [1.82, 2.24) is 9.88 Å². The standard InChI is InChI=1S/C22H29N3O2/c1-3-25(19-6-4-5-7-19)13-12-17-8-10-20(14-16(17)2)27-21-11-9-18(15-24-21)22(23)26/h8-11,14-15,19H,3-7,12-13H2,1-2H3,(H2,23,26). The lowest BCUT2D eigenvalue weighted by atomic mass is 10.0. The van der Waals surface area contributed by atoms with Crippen molar-refractivity contribution in [3.8, 4) is 11.6 Å². The minimum Gasteiger partial charge on any atom is -0.439 e. The summed E-state index contributed by atoms with van der Waals surface area (Å²) in [6.45, 7) is 6.62. The van der Waals surface area contributed by atoms with E-state index in [0.717, 1.165) is 31.3 Å². The Morgan fingerprint density at radius 1 is 1.26 bits per heavy atom. The highest BCUT2D eigenvalue weighted by atomic mass is 16.5. The van der Waals surface area contributed by atoms with Crippen LogP contribution >= 0.6 is 0 Å². The van der Waals surface area contributed by atoms with Gasteiger partial charge in [-0.15, -0.1) is 0 Å². The summed E-state index contributed by atoms with van der Waals surface area (Å²) in [6, 6.07) is 10.2. The molecule has 0 unspecified atom stereocenters. The molecule has 27 heavy (non-hydrogen) atoms. The number of carbonyl (C=O) groups excluding carboxylic acids is 1. The Bertz CT molecular complexity index is 768. The van der Waals surface area contributed by atoms with E-state index >= 15 is 0 Å². The van der Waals surface area contributed by atoms with Gasteiger partial charge >= 0.3 is 0 Å². The molecule has 5 heteroatoms. The summed E-state index contributed by atoms with van der Waals surface area (Å²) in [5.41, 5.74) is 8.18. The van der Waals surface area contributed by atoms with Crippen molar-refractivity contribution in [3.63, 3.8) is 0 Å². The van der Waals surface area contributed by atoms with Crippen molar-refractivity contribution in [2.24, 2.45) is 5.73 Å². The first-order valence-electron chi connectivity index (χ1n) is 9.84. The van der Waals surface area contributed by atoms with Crippen molar-refractivity contribution in [2.75, 3.05) is 13.1 Å². The molecule has 1 heterocycles. The average molecular weight is 367 g/mol. The number of carbonyl (C=O) groups is 1. The normalized spacial score (nSPS) is 14.6. The number of primary amides is 1. The fourth-order valence-electron chi connectivity index (χ4n) is 3.85. The molecule has 0 aliphatic heterocycles. The minimum absolute atomic E-state index is 0.372. The number of likely N-dealkylation sites (N-methyl/N-ethyl adjacent to an activating group) is 1. The number of hydrogen-bond acceptors (Lipinski definition) is 4. The number of hydrogen-bond donors (Lipinski definition) is 1. The van der Waals surface area contributed by atoms with E-state index in [4.69, 9.17) is 10.5 Å². The third kappa shape index (κ3) is 5.07. The van der Waals surface area contributed by atoms with E-state index in [1.807, 2.05) is 12.1 Å². The van der Waals surface area contributed by atoms with Gasteiger partial charge in [-0.2, -0.15) is 0 Å². The summed E-state index contributed by atoms with van der Waals surface area (Å²) in [7, 11) is 0. The quantitative estimate of drug-likeness (QED) is 0.763. The number of nitrogens with zero attached hydrogens (tertiary/aromatic N) is 2.